The Balaban J connectivity index is 1.61. The summed E-state index contributed by atoms with van der Waals surface area (Å²) in [6.07, 6.45) is 1.44. The average molecular weight is 503 g/mol. The minimum atomic E-state index is -0.523. The van der Waals surface area contributed by atoms with Crippen LogP contribution in [0.25, 0.3) is 0 Å². The van der Waals surface area contributed by atoms with Gasteiger partial charge in [0, 0.05) is 21.4 Å². The van der Waals surface area contributed by atoms with Gasteiger partial charge < -0.3 is 16.4 Å². The predicted octanol–water partition coefficient (Wildman–Crippen LogP) is 7.43. The molecule has 1 heterocycles. The third-order valence-corrected chi connectivity index (χ3v) is 6.47. The van der Waals surface area contributed by atoms with Gasteiger partial charge in [-0.05, 0) is 78.9 Å². The van der Waals surface area contributed by atoms with Crippen molar-refractivity contribution < 1.29 is 0 Å². The number of aryl methyl sites for hydroxylation is 3. The Morgan fingerprint density at radius 1 is 0.857 bits per heavy atom. The molecule has 0 radical (unpaired) electrons. The van der Waals surface area contributed by atoms with Crippen molar-refractivity contribution in [3.05, 3.63) is 98.8 Å². The number of halogens is 2. The molecule has 1 aromatic heterocycles. The number of nitrogen functional groups attached to an aromatic ring is 1. The van der Waals surface area contributed by atoms with Gasteiger partial charge >= 0.3 is 0 Å². The zero-order chi connectivity index (χ0) is 25.1. The van der Waals surface area contributed by atoms with Crippen LogP contribution in [0.15, 0.2) is 60.9 Å². The molecule has 6 nitrogen and oxygen atoms in total. The van der Waals surface area contributed by atoms with Crippen LogP contribution in [-0.2, 0) is 0 Å². The lowest BCUT2D eigenvalue weighted by Crippen LogP contribution is -2.07. The van der Waals surface area contributed by atoms with E-state index in [-0.39, 0.29) is 0 Å². The van der Waals surface area contributed by atoms with Crippen molar-refractivity contribution >= 4 is 51.9 Å². The Hall–Kier alpha value is -3.79. The minimum Gasteiger partial charge on any atom is -0.393 e. The summed E-state index contributed by atoms with van der Waals surface area (Å²) in [5.74, 6) is 0.427. The predicted molar refractivity (Wildman–Crippen MR) is 144 cm³/mol. The van der Waals surface area contributed by atoms with E-state index in [2.05, 4.69) is 40.5 Å². The summed E-state index contributed by atoms with van der Waals surface area (Å²) < 4.78 is 0. The van der Waals surface area contributed by atoms with Gasteiger partial charge in [0.2, 0.25) is 0 Å². The van der Waals surface area contributed by atoms with Gasteiger partial charge in [0.1, 0.15) is 12.0 Å². The van der Waals surface area contributed by atoms with Crippen LogP contribution in [0.1, 0.15) is 33.7 Å². The smallest absolute Gasteiger partial charge is 0.159 e. The first-order chi connectivity index (χ1) is 16.8. The Kier molecular flexibility index (Phi) is 7.11. The van der Waals surface area contributed by atoms with E-state index in [1.54, 1.807) is 18.2 Å². The molecule has 0 spiro atoms. The molecule has 0 aliphatic rings. The number of rotatable bonds is 6. The molecule has 8 heteroatoms. The van der Waals surface area contributed by atoms with Gasteiger partial charge in [-0.25, -0.2) is 9.97 Å². The summed E-state index contributed by atoms with van der Waals surface area (Å²) in [6, 6.07) is 19.3. The number of benzene rings is 3. The van der Waals surface area contributed by atoms with E-state index >= 15 is 0 Å². The Labute approximate surface area is 214 Å². The molecule has 0 fully saturated rings. The fraction of sp³-hybridized carbons (Fsp3) is 0.148. The fourth-order valence-corrected chi connectivity index (χ4v) is 4.12. The van der Waals surface area contributed by atoms with E-state index < -0.39 is 5.92 Å². The standard InChI is InChI=1S/C27H24Cl2N6/c1-15-4-9-20(10-16(15)2)34-26-25(31)27(33-14-32-26)35-24-12-23(29)21(11-17(24)3)22(13-30)18-5-7-19(28)8-6-18/h4-12,14,22H,31H2,1-3H3,(H2,32,33,34,35). The van der Waals surface area contributed by atoms with Gasteiger partial charge in [-0.1, -0.05) is 47.5 Å². The summed E-state index contributed by atoms with van der Waals surface area (Å²) in [5, 5.41) is 17.4. The van der Waals surface area contributed by atoms with E-state index in [9.17, 15) is 5.26 Å². The van der Waals surface area contributed by atoms with Gasteiger partial charge in [0.25, 0.3) is 0 Å². The lowest BCUT2D eigenvalue weighted by molar-refractivity contribution is 1.03. The molecule has 0 aliphatic carbocycles. The van der Waals surface area contributed by atoms with Gasteiger partial charge in [-0.15, -0.1) is 0 Å². The van der Waals surface area contributed by atoms with Gasteiger partial charge in [0.15, 0.2) is 11.6 Å². The first-order valence-corrected chi connectivity index (χ1v) is 11.7. The SMILES string of the molecule is Cc1ccc(Nc2ncnc(Nc3cc(Cl)c(C(C#N)c4ccc(Cl)cc4)cc3C)c2N)cc1C. The van der Waals surface area contributed by atoms with Crippen molar-refractivity contribution in [3.8, 4) is 6.07 Å². The maximum absolute atomic E-state index is 9.84. The zero-order valence-electron chi connectivity index (χ0n) is 19.5. The van der Waals surface area contributed by atoms with Crippen LogP contribution in [0.5, 0.6) is 0 Å². The molecule has 0 aliphatic heterocycles. The third-order valence-electron chi connectivity index (χ3n) is 5.89. The monoisotopic (exact) mass is 502 g/mol. The molecule has 0 bridgehead atoms. The maximum Gasteiger partial charge on any atom is 0.159 e. The molecular weight excluding hydrogens is 479 g/mol. The summed E-state index contributed by atoms with van der Waals surface area (Å²) in [5.41, 5.74) is 13.2. The molecule has 4 rings (SSSR count). The summed E-state index contributed by atoms with van der Waals surface area (Å²) in [4.78, 5) is 8.61. The number of anilines is 5. The molecule has 3 aromatic carbocycles. The van der Waals surface area contributed by atoms with Crippen LogP contribution in [0, 0.1) is 32.1 Å². The highest BCUT2D eigenvalue weighted by Gasteiger charge is 2.19. The van der Waals surface area contributed by atoms with Crippen LogP contribution < -0.4 is 16.4 Å². The summed E-state index contributed by atoms with van der Waals surface area (Å²) >= 11 is 12.6. The lowest BCUT2D eigenvalue weighted by atomic mass is 9.91. The van der Waals surface area contributed by atoms with Crippen LogP contribution in [0.3, 0.4) is 0 Å². The molecule has 4 N–H and O–H groups in total. The van der Waals surface area contributed by atoms with Gasteiger partial charge in [0.05, 0.1) is 12.0 Å². The molecule has 35 heavy (non-hydrogen) atoms. The Bertz CT molecular complexity index is 1430. The van der Waals surface area contributed by atoms with Crippen LogP contribution >= 0.6 is 23.2 Å². The van der Waals surface area contributed by atoms with Crippen LogP contribution in [-0.4, -0.2) is 9.97 Å². The van der Waals surface area contributed by atoms with Crippen molar-refractivity contribution in [1.29, 1.82) is 5.26 Å². The molecule has 1 unspecified atom stereocenters. The molecule has 0 amide bonds. The van der Waals surface area contributed by atoms with Crippen LogP contribution in [0.2, 0.25) is 10.0 Å². The number of nitrogens with one attached hydrogen (secondary N) is 2. The molecule has 0 saturated carbocycles. The second-order valence-electron chi connectivity index (χ2n) is 8.34. The summed E-state index contributed by atoms with van der Waals surface area (Å²) in [7, 11) is 0. The van der Waals surface area contributed by atoms with Crippen molar-refractivity contribution in [2.75, 3.05) is 16.4 Å². The molecule has 0 saturated heterocycles. The summed E-state index contributed by atoms with van der Waals surface area (Å²) in [6.45, 7) is 6.05. The molecular formula is C27H24Cl2N6. The highest BCUT2D eigenvalue weighted by Crippen LogP contribution is 2.36. The van der Waals surface area contributed by atoms with E-state index in [1.165, 1.54) is 17.5 Å². The number of nitrogens with two attached hydrogens (primary N) is 1. The number of hydrogen-bond acceptors (Lipinski definition) is 6. The third kappa shape index (κ3) is 5.32. The Morgan fingerprint density at radius 2 is 1.54 bits per heavy atom. The highest BCUT2D eigenvalue weighted by molar-refractivity contribution is 6.32. The Morgan fingerprint density at radius 3 is 2.20 bits per heavy atom. The maximum atomic E-state index is 9.84. The van der Waals surface area contributed by atoms with Crippen LogP contribution in [0.4, 0.5) is 28.7 Å². The van der Waals surface area contributed by atoms with E-state index in [0.29, 0.717) is 32.9 Å². The van der Waals surface area contributed by atoms with Crippen molar-refractivity contribution in [2.24, 2.45) is 0 Å². The van der Waals surface area contributed by atoms with Crippen molar-refractivity contribution in [2.45, 2.75) is 26.7 Å². The van der Waals surface area contributed by atoms with Gasteiger partial charge in [-0.3, -0.25) is 0 Å². The minimum absolute atomic E-state index is 0.376. The number of nitrogens with zero attached hydrogens (tertiary/aromatic N) is 3. The number of aromatic nitrogens is 2. The number of hydrogen-bond donors (Lipinski definition) is 3. The second-order valence-corrected chi connectivity index (χ2v) is 9.18. The van der Waals surface area contributed by atoms with E-state index in [4.69, 9.17) is 28.9 Å². The topological polar surface area (TPSA) is 99.6 Å². The van der Waals surface area contributed by atoms with E-state index in [1.807, 2.05) is 43.3 Å². The molecule has 176 valence electrons. The fourth-order valence-electron chi connectivity index (χ4n) is 3.72. The van der Waals surface area contributed by atoms with E-state index in [0.717, 1.165) is 22.5 Å². The second kappa shape index (κ2) is 10.2. The first kappa shape index (κ1) is 24.3. The first-order valence-electron chi connectivity index (χ1n) is 10.9. The molecule has 4 aromatic rings. The number of nitriles is 1. The lowest BCUT2D eigenvalue weighted by Gasteiger charge is -2.17. The quantitative estimate of drug-likeness (QED) is 0.253. The largest absolute Gasteiger partial charge is 0.393 e. The van der Waals surface area contributed by atoms with Gasteiger partial charge in [-0.2, -0.15) is 5.26 Å². The van der Waals surface area contributed by atoms with Crippen molar-refractivity contribution in [3.63, 3.8) is 0 Å². The average Bonchev–Trinajstić information content (AvgIpc) is 2.83. The normalized spacial score (nSPS) is 11.5. The zero-order valence-corrected chi connectivity index (χ0v) is 21.0. The molecule has 1 atom stereocenters. The van der Waals surface area contributed by atoms with Crippen molar-refractivity contribution in [1.82, 2.24) is 9.97 Å². The highest BCUT2D eigenvalue weighted by atomic mass is 35.5.